The van der Waals surface area contributed by atoms with Crippen LogP contribution < -0.4 is 10.2 Å². The van der Waals surface area contributed by atoms with Crippen LogP contribution in [0.15, 0.2) is 23.1 Å². The zero-order chi connectivity index (χ0) is 18.1. The quantitative estimate of drug-likeness (QED) is 0.795. The normalized spacial score (nSPS) is 32.3. The number of halogens is 1. The number of nitrogens with zero attached hydrogens (tertiary/aromatic N) is 2. The third-order valence-electron chi connectivity index (χ3n) is 5.90. The van der Waals surface area contributed by atoms with Gasteiger partial charge < -0.3 is 10.2 Å². The molecule has 4 heterocycles. The fraction of sp³-hybridized carbons (Fsp3) is 0.500. The van der Waals surface area contributed by atoms with Gasteiger partial charge in [0.05, 0.1) is 5.69 Å². The molecule has 0 bridgehead atoms. The van der Waals surface area contributed by atoms with Crippen LogP contribution in [0.3, 0.4) is 0 Å². The Morgan fingerprint density at radius 3 is 3.04 bits per heavy atom. The highest BCUT2D eigenvalue weighted by Crippen LogP contribution is 2.57. The van der Waals surface area contributed by atoms with E-state index < -0.39 is 4.87 Å². The summed E-state index contributed by atoms with van der Waals surface area (Å²) in [6, 6.07) is 5.47. The Kier molecular flexibility index (Phi) is 3.56. The van der Waals surface area contributed by atoms with Gasteiger partial charge in [0.2, 0.25) is 11.8 Å². The molecule has 4 aliphatic rings. The van der Waals surface area contributed by atoms with Crippen LogP contribution in [-0.4, -0.2) is 46.6 Å². The highest BCUT2D eigenvalue weighted by atomic mass is 35.5. The van der Waals surface area contributed by atoms with Gasteiger partial charge >= 0.3 is 0 Å². The molecule has 1 aromatic rings. The lowest BCUT2D eigenvalue weighted by molar-refractivity contribution is -0.136. The van der Waals surface area contributed by atoms with E-state index in [4.69, 9.17) is 11.6 Å². The van der Waals surface area contributed by atoms with Crippen molar-refractivity contribution in [2.45, 2.75) is 41.5 Å². The number of amides is 3. The Morgan fingerprint density at radius 1 is 1.35 bits per heavy atom. The number of rotatable bonds is 1. The van der Waals surface area contributed by atoms with E-state index in [1.54, 1.807) is 17.0 Å². The summed E-state index contributed by atoms with van der Waals surface area (Å²) in [5, 5.41) is 3.54. The minimum absolute atomic E-state index is 0.0275. The van der Waals surface area contributed by atoms with E-state index in [9.17, 15) is 14.4 Å². The summed E-state index contributed by atoms with van der Waals surface area (Å²) in [5.74, 6) is 0.330. The molecule has 3 saturated heterocycles. The van der Waals surface area contributed by atoms with E-state index in [0.717, 1.165) is 17.0 Å². The highest BCUT2D eigenvalue weighted by Gasteiger charge is 2.59. The molecule has 136 valence electrons. The monoisotopic (exact) mass is 391 g/mol. The molecule has 3 amide bonds. The van der Waals surface area contributed by atoms with Crippen LogP contribution in [-0.2, 0) is 14.4 Å². The molecule has 0 aromatic heterocycles. The minimum Gasteiger partial charge on any atom is -0.351 e. The van der Waals surface area contributed by atoms with Crippen molar-refractivity contribution in [2.24, 2.45) is 5.92 Å². The van der Waals surface area contributed by atoms with Crippen LogP contribution >= 0.6 is 23.4 Å². The van der Waals surface area contributed by atoms with Crippen molar-refractivity contribution in [1.29, 1.82) is 0 Å². The Balaban J connectivity index is 1.46. The van der Waals surface area contributed by atoms with Crippen molar-refractivity contribution in [3.63, 3.8) is 0 Å². The maximum absolute atomic E-state index is 13.5. The smallest absolute Gasteiger partial charge is 0.259 e. The van der Waals surface area contributed by atoms with E-state index in [1.165, 1.54) is 11.8 Å². The summed E-state index contributed by atoms with van der Waals surface area (Å²) < 4.78 is 0. The Bertz CT molecular complexity index is 847. The van der Waals surface area contributed by atoms with Crippen LogP contribution in [0.4, 0.5) is 5.69 Å². The molecular formula is C18H18ClN3O3S. The SMILES string of the molecule is O=C1C[C@H]2CCN(C(=O)C34CCC(=O)N3c3cc(Cl)ccc3S4)C[C@H]2N1. The molecule has 0 aliphatic carbocycles. The van der Waals surface area contributed by atoms with Gasteiger partial charge in [-0.1, -0.05) is 23.4 Å². The van der Waals surface area contributed by atoms with Crippen molar-refractivity contribution in [3.05, 3.63) is 23.2 Å². The van der Waals surface area contributed by atoms with Crippen LogP contribution in [0, 0.1) is 5.92 Å². The standard InChI is InChI=1S/C18H18ClN3O3S/c19-11-1-2-14-13(8-11)22-16(24)3-5-18(22,26-14)17(25)21-6-4-10-7-15(23)20-12(10)9-21/h1-2,8,10,12H,3-7,9H2,(H,20,23)/t10-,12-,18?/m1/s1. The molecule has 0 spiro atoms. The number of piperidine rings is 1. The largest absolute Gasteiger partial charge is 0.351 e. The van der Waals surface area contributed by atoms with Crippen molar-refractivity contribution < 1.29 is 14.4 Å². The number of hydrogen-bond donors (Lipinski definition) is 1. The Labute approximate surface area is 160 Å². The van der Waals surface area contributed by atoms with Gasteiger partial charge in [-0.25, -0.2) is 0 Å². The summed E-state index contributed by atoms with van der Waals surface area (Å²) in [6.45, 7) is 1.16. The van der Waals surface area contributed by atoms with Gasteiger partial charge in [-0.05, 0) is 37.0 Å². The fourth-order valence-electron chi connectivity index (χ4n) is 4.65. The van der Waals surface area contributed by atoms with Gasteiger partial charge in [-0.15, -0.1) is 0 Å². The molecule has 0 radical (unpaired) electrons. The van der Waals surface area contributed by atoms with Crippen molar-refractivity contribution in [2.75, 3.05) is 18.0 Å². The van der Waals surface area contributed by atoms with Gasteiger partial charge in [-0.2, -0.15) is 0 Å². The third kappa shape index (κ3) is 2.23. The summed E-state index contributed by atoms with van der Waals surface area (Å²) >= 11 is 7.59. The van der Waals surface area contributed by atoms with Crippen LogP contribution in [0.2, 0.25) is 5.02 Å². The summed E-state index contributed by atoms with van der Waals surface area (Å²) in [4.78, 5) is 41.3. The van der Waals surface area contributed by atoms with E-state index in [2.05, 4.69) is 5.32 Å². The summed E-state index contributed by atoms with van der Waals surface area (Å²) in [5.41, 5.74) is 0.738. The van der Waals surface area contributed by atoms with E-state index in [1.807, 2.05) is 11.0 Å². The molecular weight excluding hydrogens is 374 g/mol. The molecule has 1 aromatic carbocycles. The molecule has 8 heteroatoms. The lowest BCUT2D eigenvalue weighted by atomic mass is 9.92. The van der Waals surface area contributed by atoms with E-state index >= 15 is 0 Å². The van der Waals surface area contributed by atoms with Gasteiger partial charge in [0.25, 0.3) is 5.91 Å². The Hall–Kier alpha value is -1.73. The number of carbonyl (C=O) groups is 3. The summed E-state index contributed by atoms with van der Waals surface area (Å²) in [6.07, 6.45) is 2.24. The second kappa shape index (κ2) is 5.63. The summed E-state index contributed by atoms with van der Waals surface area (Å²) in [7, 11) is 0. The van der Waals surface area contributed by atoms with Crippen molar-refractivity contribution in [3.8, 4) is 0 Å². The topological polar surface area (TPSA) is 69.7 Å². The Morgan fingerprint density at radius 2 is 2.19 bits per heavy atom. The van der Waals surface area contributed by atoms with Crippen molar-refractivity contribution in [1.82, 2.24) is 10.2 Å². The second-order valence-corrected chi connectivity index (χ2v) is 9.16. The third-order valence-corrected chi connectivity index (χ3v) is 7.60. The van der Waals surface area contributed by atoms with Gasteiger partial charge in [0.15, 0.2) is 4.87 Å². The molecule has 5 rings (SSSR count). The van der Waals surface area contributed by atoms with E-state index in [0.29, 0.717) is 43.3 Å². The first-order chi connectivity index (χ1) is 12.5. The molecule has 0 saturated carbocycles. The zero-order valence-electron chi connectivity index (χ0n) is 14.0. The fourth-order valence-corrected chi connectivity index (χ4v) is 6.28. The number of hydrogen-bond acceptors (Lipinski definition) is 4. The van der Waals surface area contributed by atoms with Crippen molar-refractivity contribution >= 4 is 46.8 Å². The average molecular weight is 392 g/mol. The molecule has 4 aliphatic heterocycles. The number of benzene rings is 1. The van der Waals surface area contributed by atoms with Crippen LogP contribution in [0.25, 0.3) is 0 Å². The van der Waals surface area contributed by atoms with E-state index in [-0.39, 0.29) is 23.8 Å². The number of likely N-dealkylation sites (tertiary alicyclic amines) is 1. The molecule has 1 unspecified atom stereocenters. The molecule has 26 heavy (non-hydrogen) atoms. The number of thioether (sulfide) groups is 1. The van der Waals surface area contributed by atoms with Crippen LogP contribution in [0.1, 0.15) is 25.7 Å². The first-order valence-electron chi connectivity index (χ1n) is 8.88. The molecule has 3 atom stereocenters. The maximum atomic E-state index is 13.5. The number of carbonyl (C=O) groups excluding carboxylic acids is 3. The minimum atomic E-state index is -0.903. The van der Waals surface area contributed by atoms with Gasteiger partial charge in [0, 0.05) is 41.9 Å². The predicted octanol–water partition coefficient (Wildman–Crippen LogP) is 2.01. The van der Waals surface area contributed by atoms with Gasteiger partial charge in [-0.3, -0.25) is 19.3 Å². The number of nitrogens with one attached hydrogen (secondary N) is 1. The maximum Gasteiger partial charge on any atom is 0.259 e. The zero-order valence-corrected chi connectivity index (χ0v) is 15.6. The van der Waals surface area contributed by atoms with Gasteiger partial charge in [0.1, 0.15) is 0 Å². The first-order valence-corrected chi connectivity index (χ1v) is 10.1. The predicted molar refractivity (Wildman–Crippen MR) is 98.0 cm³/mol. The molecule has 3 fully saturated rings. The molecule has 6 nitrogen and oxygen atoms in total. The first kappa shape index (κ1) is 16.4. The highest BCUT2D eigenvalue weighted by molar-refractivity contribution is 8.02. The second-order valence-electron chi connectivity index (χ2n) is 7.41. The average Bonchev–Trinajstić information content (AvgIpc) is 3.25. The number of fused-ring (bicyclic) bond motifs is 4. The lowest BCUT2D eigenvalue weighted by Gasteiger charge is -2.40. The van der Waals surface area contributed by atoms with Crippen LogP contribution in [0.5, 0.6) is 0 Å². The molecule has 1 N–H and O–H groups in total. The number of anilines is 1. The lowest BCUT2D eigenvalue weighted by Crippen LogP contribution is -2.58.